The zero-order valence-corrected chi connectivity index (χ0v) is 13.1. The Morgan fingerprint density at radius 2 is 2.00 bits per heavy atom. The third-order valence-corrected chi connectivity index (χ3v) is 3.74. The zero-order chi connectivity index (χ0) is 13.8. The molecule has 18 heavy (non-hydrogen) atoms. The van der Waals surface area contributed by atoms with E-state index in [0.717, 1.165) is 26.2 Å². The third kappa shape index (κ3) is 5.68. The lowest BCUT2D eigenvalue weighted by molar-refractivity contribution is -0.0174. The quantitative estimate of drug-likeness (QED) is 0.836. The standard InChI is InChI=1S/C15H32N2O/c1-12(2)14-11-17(13(3)7-8-16-14)9-10-18-15(4,5)6/h12-14,16H,7-11H2,1-6H3. The fourth-order valence-electron chi connectivity index (χ4n) is 2.38. The van der Waals surface area contributed by atoms with E-state index >= 15 is 0 Å². The van der Waals surface area contributed by atoms with Crippen LogP contribution in [0, 0.1) is 5.92 Å². The summed E-state index contributed by atoms with van der Waals surface area (Å²) in [5, 5.41) is 3.67. The van der Waals surface area contributed by atoms with Crippen molar-refractivity contribution in [2.75, 3.05) is 26.2 Å². The topological polar surface area (TPSA) is 24.5 Å². The molecule has 0 aromatic carbocycles. The highest BCUT2D eigenvalue weighted by Gasteiger charge is 2.24. The van der Waals surface area contributed by atoms with Gasteiger partial charge in [-0.1, -0.05) is 13.8 Å². The van der Waals surface area contributed by atoms with Gasteiger partial charge in [-0.05, 0) is 46.6 Å². The number of hydrogen-bond acceptors (Lipinski definition) is 3. The van der Waals surface area contributed by atoms with Crippen molar-refractivity contribution in [3.63, 3.8) is 0 Å². The van der Waals surface area contributed by atoms with Gasteiger partial charge in [-0.3, -0.25) is 4.90 Å². The van der Waals surface area contributed by atoms with E-state index in [9.17, 15) is 0 Å². The molecule has 1 rings (SSSR count). The molecule has 1 fully saturated rings. The third-order valence-electron chi connectivity index (χ3n) is 3.74. The van der Waals surface area contributed by atoms with E-state index in [0.29, 0.717) is 18.0 Å². The van der Waals surface area contributed by atoms with E-state index in [-0.39, 0.29) is 5.60 Å². The first-order valence-corrected chi connectivity index (χ1v) is 7.41. The maximum atomic E-state index is 5.85. The Morgan fingerprint density at radius 1 is 1.33 bits per heavy atom. The Morgan fingerprint density at radius 3 is 2.56 bits per heavy atom. The molecule has 0 amide bonds. The maximum absolute atomic E-state index is 5.85. The molecule has 1 aliphatic heterocycles. The number of nitrogens with one attached hydrogen (secondary N) is 1. The second kappa shape index (κ2) is 6.88. The predicted octanol–water partition coefficient (Wildman–Crippen LogP) is 2.51. The molecule has 3 heteroatoms. The van der Waals surface area contributed by atoms with Gasteiger partial charge in [0, 0.05) is 25.2 Å². The summed E-state index contributed by atoms with van der Waals surface area (Å²) in [6, 6.07) is 1.27. The van der Waals surface area contributed by atoms with Crippen molar-refractivity contribution >= 4 is 0 Å². The SMILES string of the molecule is CC(C)C1CN(CCOC(C)(C)C)C(C)CCN1. The summed E-state index contributed by atoms with van der Waals surface area (Å²) in [4.78, 5) is 2.58. The summed E-state index contributed by atoms with van der Waals surface area (Å²) in [6.45, 7) is 17.5. The van der Waals surface area contributed by atoms with E-state index in [1.807, 2.05) is 0 Å². The second-order valence-electron chi connectivity index (χ2n) is 6.90. The normalized spacial score (nSPS) is 27.5. The van der Waals surface area contributed by atoms with Crippen LogP contribution in [0.15, 0.2) is 0 Å². The van der Waals surface area contributed by atoms with Crippen molar-refractivity contribution in [3.05, 3.63) is 0 Å². The summed E-state index contributed by atoms with van der Waals surface area (Å²) in [5.41, 5.74) is -0.0230. The summed E-state index contributed by atoms with van der Waals surface area (Å²) in [5.74, 6) is 0.696. The smallest absolute Gasteiger partial charge is 0.0600 e. The van der Waals surface area contributed by atoms with Crippen molar-refractivity contribution in [1.29, 1.82) is 0 Å². The summed E-state index contributed by atoms with van der Waals surface area (Å²) in [7, 11) is 0. The molecule has 1 heterocycles. The van der Waals surface area contributed by atoms with E-state index < -0.39 is 0 Å². The van der Waals surface area contributed by atoms with Crippen molar-refractivity contribution < 1.29 is 4.74 Å². The van der Waals surface area contributed by atoms with Gasteiger partial charge in [0.15, 0.2) is 0 Å². The molecule has 1 saturated heterocycles. The van der Waals surface area contributed by atoms with Gasteiger partial charge < -0.3 is 10.1 Å². The highest BCUT2D eigenvalue weighted by molar-refractivity contribution is 4.82. The summed E-state index contributed by atoms with van der Waals surface area (Å²) < 4.78 is 5.85. The van der Waals surface area contributed by atoms with Gasteiger partial charge >= 0.3 is 0 Å². The first-order valence-electron chi connectivity index (χ1n) is 7.41. The van der Waals surface area contributed by atoms with Gasteiger partial charge in [0.25, 0.3) is 0 Å². The van der Waals surface area contributed by atoms with Crippen LogP contribution in [0.25, 0.3) is 0 Å². The predicted molar refractivity (Wildman–Crippen MR) is 78.0 cm³/mol. The second-order valence-corrected chi connectivity index (χ2v) is 6.90. The van der Waals surface area contributed by atoms with Gasteiger partial charge in [0.05, 0.1) is 12.2 Å². The van der Waals surface area contributed by atoms with Crippen LogP contribution in [0.3, 0.4) is 0 Å². The Hall–Kier alpha value is -0.120. The van der Waals surface area contributed by atoms with Crippen LogP contribution >= 0.6 is 0 Å². The molecule has 1 N–H and O–H groups in total. The average molecular weight is 256 g/mol. The molecule has 0 aromatic rings. The van der Waals surface area contributed by atoms with E-state index in [4.69, 9.17) is 4.74 Å². The lowest BCUT2D eigenvalue weighted by Crippen LogP contribution is -2.44. The number of rotatable bonds is 4. The van der Waals surface area contributed by atoms with Crippen LogP contribution in [0.4, 0.5) is 0 Å². The number of nitrogens with zero attached hydrogens (tertiary/aromatic N) is 1. The fraction of sp³-hybridized carbons (Fsp3) is 1.00. The molecule has 2 unspecified atom stereocenters. The average Bonchev–Trinajstić information content (AvgIpc) is 2.40. The molecule has 0 aromatic heterocycles. The molecule has 1 aliphatic rings. The minimum Gasteiger partial charge on any atom is -0.375 e. The first kappa shape index (κ1) is 15.9. The molecule has 3 nitrogen and oxygen atoms in total. The van der Waals surface area contributed by atoms with Gasteiger partial charge in [-0.2, -0.15) is 0 Å². The Kier molecular flexibility index (Phi) is 6.09. The molecular formula is C15H32N2O. The van der Waals surface area contributed by atoms with Gasteiger partial charge in [-0.15, -0.1) is 0 Å². The maximum Gasteiger partial charge on any atom is 0.0600 e. The Labute approximate surface area is 113 Å². The van der Waals surface area contributed by atoms with Crippen molar-refractivity contribution in [1.82, 2.24) is 10.2 Å². The molecule has 108 valence electrons. The minimum absolute atomic E-state index is 0.0230. The van der Waals surface area contributed by atoms with Gasteiger partial charge in [0.1, 0.15) is 0 Å². The number of ether oxygens (including phenoxy) is 1. The first-order chi connectivity index (χ1) is 8.29. The van der Waals surface area contributed by atoms with Crippen molar-refractivity contribution in [3.8, 4) is 0 Å². The van der Waals surface area contributed by atoms with Crippen LogP contribution in [0.2, 0.25) is 0 Å². The number of hydrogen-bond donors (Lipinski definition) is 1. The summed E-state index contributed by atoms with van der Waals surface area (Å²) in [6.07, 6.45) is 1.23. The van der Waals surface area contributed by atoms with E-state index in [1.54, 1.807) is 0 Å². The van der Waals surface area contributed by atoms with E-state index in [1.165, 1.54) is 6.42 Å². The fourth-order valence-corrected chi connectivity index (χ4v) is 2.38. The monoisotopic (exact) mass is 256 g/mol. The van der Waals surface area contributed by atoms with Crippen LogP contribution in [-0.4, -0.2) is 48.8 Å². The van der Waals surface area contributed by atoms with Gasteiger partial charge in [-0.25, -0.2) is 0 Å². The molecular weight excluding hydrogens is 224 g/mol. The lowest BCUT2D eigenvalue weighted by atomic mass is 10.0. The molecule has 0 aliphatic carbocycles. The van der Waals surface area contributed by atoms with Crippen molar-refractivity contribution in [2.45, 2.75) is 65.6 Å². The van der Waals surface area contributed by atoms with Gasteiger partial charge in [0.2, 0.25) is 0 Å². The molecule has 2 atom stereocenters. The summed E-state index contributed by atoms with van der Waals surface area (Å²) >= 11 is 0. The Bertz CT molecular complexity index is 235. The lowest BCUT2D eigenvalue weighted by Gasteiger charge is -2.31. The van der Waals surface area contributed by atoms with Crippen LogP contribution in [0.5, 0.6) is 0 Å². The zero-order valence-electron chi connectivity index (χ0n) is 13.1. The van der Waals surface area contributed by atoms with Crippen molar-refractivity contribution in [2.24, 2.45) is 5.92 Å². The van der Waals surface area contributed by atoms with E-state index in [2.05, 4.69) is 51.8 Å². The van der Waals surface area contributed by atoms with Crippen LogP contribution in [0.1, 0.15) is 48.0 Å². The highest BCUT2D eigenvalue weighted by Crippen LogP contribution is 2.14. The van der Waals surface area contributed by atoms with Crippen LogP contribution < -0.4 is 5.32 Å². The molecule has 0 spiro atoms. The highest BCUT2D eigenvalue weighted by atomic mass is 16.5. The largest absolute Gasteiger partial charge is 0.375 e. The molecule has 0 saturated carbocycles. The molecule has 0 bridgehead atoms. The van der Waals surface area contributed by atoms with Crippen LogP contribution in [-0.2, 0) is 4.74 Å². The Balaban J connectivity index is 2.44. The minimum atomic E-state index is -0.0230. The molecule has 0 radical (unpaired) electrons.